The van der Waals surface area contributed by atoms with Gasteiger partial charge in [0.1, 0.15) is 11.5 Å². The second-order valence-electron chi connectivity index (χ2n) is 5.16. The summed E-state index contributed by atoms with van der Waals surface area (Å²) in [5, 5.41) is 47.8. The van der Waals surface area contributed by atoms with Crippen LogP contribution in [0, 0.1) is 0 Å². The lowest BCUT2D eigenvalue weighted by Crippen LogP contribution is -2.23. The Labute approximate surface area is 144 Å². The van der Waals surface area contributed by atoms with E-state index in [9.17, 15) is 10.2 Å². The molecule has 0 aromatic heterocycles. The molecular weight excluding hydrogens is 322 g/mol. The molecule has 0 unspecified atom stereocenters. The fourth-order valence-electron chi connectivity index (χ4n) is 1.97. The molecular formula is C19H19NO5. The summed E-state index contributed by atoms with van der Waals surface area (Å²) in [5.41, 5.74) is 1.20. The summed E-state index contributed by atoms with van der Waals surface area (Å²) in [6, 6.07) is 21.5. The molecule has 25 heavy (non-hydrogen) atoms. The molecule has 0 heterocycles. The average molecular weight is 341 g/mol. The van der Waals surface area contributed by atoms with Gasteiger partial charge in [0, 0.05) is 5.56 Å². The van der Waals surface area contributed by atoms with Crippen molar-refractivity contribution < 1.29 is 25.5 Å². The molecule has 0 aliphatic heterocycles. The van der Waals surface area contributed by atoms with Crippen LogP contribution in [0.15, 0.2) is 78.9 Å². The summed E-state index contributed by atoms with van der Waals surface area (Å²) < 4.78 is 0. The molecule has 3 aromatic carbocycles. The monoisotopic (exact) mass is 341 g/mol. The van der Waals surface area contributed by atoms with Gasteiger partial charge in [0.2, 0.25) is 0 Å². The Morgan fingerprint density at radius 3 is 1.32 bits per heavy atom. The van der Waals surface area contributed by atoms with Gasteiger partial charge in [-0.15, -0.1) is 0 Å². The summed E-state index contributed by atoms with van der Waals surface area (Å²) >= 11 is 0. The van der Waals surface area contributed by atoms with Gasteiger partial charge in [-0.1, -0.05) is 54.6 Å². The third-order valence-corrected chi connectivity index (χ3v) is 3.24. The van der Waals surface area contributed by atoms with Crippen molar-refractivity contribution in [2.24, 2.45) is 0 Å². The number of para-hydroxylation sites is 4. The Morgan fingerprint density at radius 2 is 0.960 bits per heavy atom. The van der Waals surface area contributed by atoms with E-state index < -0.39 is 5.97 Å². The summed E-state index contributed by atoms with van der Waals surface area (Å²) in [6.45, 7) is 0. The molecule has 130 valence electrons. The van der Waals surface area contributed by atoms with Crippen molar-refractivity contribution in [1.82, 2.24) is 0 Å². The highest BCUT2D eigenvalue weighted by Crippen LogP contribution is 2.30. The number of hydrogen-bond donors (Lipinski definition) is 6. The molecule has 0 atom stereocenters. The van der Waals surface area contributed by atoms with Crippen LogP contribution in [0.25, 0.3) is 0 Å². The van der Waals surface area contributed by atoms with E-state index in [0.29, 0.717) is 11.4 Å². The van der Waals surface area contributed by atoms with Crippen LogP contribution in [0.4, 0.5) is 11.4 Å². The highest BCUT2D eigenvalue weighted by molar-refractivity contribution is 5.69. The maximum Gasteiger partial charge on any atom is 0.304 e. The van der Waals surface area contributed by atoms with Crippen LogP contribution in [-0.2, 0) is 5.97 Å². The number of phenols is 2. The predicted octanol–water partition coefficient (Wildman–Crippen LogP) is 2.62. The van der Waals surface area contributed by atoms with Crippen LogP contribution in [0.2, 0.25) is 0 Å². The third-order valence-electron chi connectivity index (χ3n) is 3.24. The lowest BCUT2D eigenvalue weighted by Gasteiger charge is -2.12. The molecule has 6 nitrogen and oxygen atoms in total. The van der Waals surface area contributed by atoms with E-state index in [-0.39, 0.29) is 17.1 Å². The summed E-state index contributed by atoms with van der Waals surface area (Å²) in [5.74, 6) is -2.40. The predicted molar refractivity (Wildman–Crippen MR) is 94.3 cm³/mol. The zero-order chi connectivity index (χ0) is 18.3. The van der Waals surface area contributed by atoms with Crippen LogP contribution in [0.1, 0.15) is 5.56 Å². The van der Waals surface area contributed by atoms with Gasteiger partial charge in [-0.2, -0.15) is 0 Å². The minimum Gasteiger partial charge on any atom is -0.506 e. The molecule has 6 N–H and O–H groups in total. The Balaban J connectivity index is 0.000000196. The molecule has 0 saturated carbocycles. The van der Waals surface area contributed by atoms with E-state index in [1.165, 1.54) is 12.1 Å². The zero-order valence-electron chi connectivity index (χ0n) is 13.2. The highest BCUT2D eigenvalue weighted by atomic mass is 16.7. The SMILES string of the molecule is OC(O)(O)c1ccccc1.Oc1ccccc1Nc1ccccc1O. The lowest BCUT2D eigenvalue weighted by atomic mass is 10.2. The summed E-state index contributed by atoms with van der Waals surface area (Å²) in [4.78, 5) is 0. The van der Waals surface area contributed by atoms with Gasteiger partial charge < -0.3 is 30.8 Å². The average Bonchev–Trinajstić information content (AvgIpc) is 2.59. The van der Waals surface area contributed by atoms with Gasteiger partial charge in [0.15, 0.2) is 0 Å². The van der Waals surface area contributed by atoms with Gasteiger partial charge in [0.25, 0.3) is 0 Å². The van der Waals surface area contributed by atoms with Crippen LogP contribution in [0.3, 0.4) is 0 Å². The summed E-state index contributed by atoms with van der Waals surface area (Å²) in [6.07, 6.45) is 0. The fourth-order valence-corrected chi connectivity index (χ4v) is 1.97. The smallest absolute Gasteiger partial charge is 0.304 e. The number of benzene rings is 3. The van der Waals surface area contributed by atoms with E-state index in [0.717, 1.165) is 0 Å². The maximum absolute atomic E-state index is 9.52. The second-order valence-corrected chi connectivity index (χ2v) is 5.16. The van der Waals surface area contributed by atoms with E-state index in [2.05, 4.69) is 5.32 Å². The number of phenolic OH excluding ortho intramolecular Hbond substituents is 2. The van der Waals surface area contributed by atoms with Crippen molar-refractivity contribution >= 4 is 11.4 Å². The third kappa shape index (κ3) is 5.50. The van der Waals surface area contributed by atoms with Crippen molar-refractivity contribution in [2.75, 3.05) is 5.32 Å². The molecule has 0 bridgehead atoms. The molecule has 0 saturated heterocycles. The fraction of sp³-hybridized carbons (Fsp3) is 0.0526. The molecule has 3 aromatic rings. The number of anilines is 2. The normalized spacial score (nSPS) is 10.5. The van der Waals surface area contributed by atoms with E-state index >= 15 is 0 Å². The van der Waals surface area contributed by atoms with E-state index in [1.807, 2.05) is 12.1 Å². The molecule has 0 aliphatic carbocycles. The Hall–Kier alpha value is -3.06. The number of hydrogen-bond acceptors (Lipinski definition) is 6. The largest absolute Gasteiger partial charge is 0.506 e. The first-order valence-corrected chi connectivity index (χ1v) is 7.43. The lowest BCUT2D eigenvalue weighted by molar-refractivity contribution is -0.323. The Kier molecular flexibility index (Phi) is 5.97. The zero-order valence-corrected chi connectivity index (χ0v) is 13.2. The standard InChI is InChI=1S/C12H11NO2.C7H8O3/c14-11-7-3-1-5-9(11)13-10-6-2-4-8-12(10)15;8-7(9,10)6-4-2-1-3-5-6/h1-8,13-15H;1-5,8-10H. The van der Waals surface area contributed by atoms with Crippen molar-refractivity contribution in [1.29, 1.82) is 0 Å². The first-order chi connectivity index (χ1) is 11.9. The molecule has 6 heteroatoms. The second kappa shape index (κ2) is 8.16. The maximum atomic E-state index is 9.52. The van der Waals surface area contributed by atoms with Crippen molar-refractivity contribution in [3.05, 3.63) is 84.4 Å². The topological polar surface area (TPSA) is 113 Å². The first-order valence-electron chi connectivity index (χ1n) is 7.43. The number of nitrogens with one attached hydrogen (secondary N) is 1. The number of aromatic hydroxyl groups is 2. The molecule has 0 spiro atoms. The Bertz CT molecular complexity index is 757. The molecule has 0 radical (unpaired) electrons. The Morgan fingerprint density at radius 1 is 0.560 bits per heavy atom. The van der Waals surface area contributed by atoms with Crippen molar-refractivity contribution in [3.63, 3.8) is 0 Å². The van der Waals surface area contributed by atoms with Crippen LogP contribution >= 0.6 is 0 Å². The summed E-state index contributed by atoms with van der Waals surface area (Å²) in [7, 11) is 0. The van der Waals surface area contributed by atoms with Crippen LogP contribution < -0.4 is 5.32 Å². The molecule has 0 aliphatic rings. The van der Waals surface area contributed by atoms with Crippen molar-refractivity contribution in [3.8, 4) is 11.5 Å². The van der Waals surface area contributed by atoms with Gasteiger partial charge >= 0.3 is 5.97 Å². The minimum absolute atomic E-state index is 0.0648. The van der Waals surface area contributed by atoms with Crippen LogP contribution in [-0.4, -0.2) is 25.5 Å². The molecule has 0 amide bonds. The molecule has 3 rings (SSSR count). The van der Waals surface area contributed by atoms with E-state index in [4.69, 9.17) is 15.3 Å². The van der Waals surface area contributed by atoms with Crippen LogP contribution in [0.5, 0.6) is 11.5 Å². The van der Waals surface area contributed by atoms with E-state index in [1.54, 1.807) is 54.6 Å². The van der Waals surface area contributed by atoms with Gasteiger partial charge in [-0.25, -0.2) is 0 Å². The highest BCUT2D eigenvalue weighted by Gasteiger charge is 2.20. The van der Waals surface area contributed by atoms with Crippen molar-refractivity contribution in [2.45, 2.75) is 5.97 Å². The van der Waals surface area contributed by atoms with Gasteiger partial charge in [0.05, 0.1) is 11.4 Å². The van der Waals surface area contributed by atoms with Gasteiger partial charge in [-0.3, -0.25) is 0 Å². The number of rotatable bonds is 3. The number of aliphatic hydroxyl groups is 3. The minimum atomic E-state index is -2.71. The quantitative estimate of drug-likeness (QED) is 0.322. The van der Waals surface area contributed by atoms with Gasteiger partial charge in [-0.05, 0) is 24.3 Å². The molecule has 0 fully saturated rings. The first kappa shape index (κ1) is 18.3.